The van der Waals surface area contributed by atoms with E-state index >= 15 is 0 Å². The van der Waals surface area contributed by atoms with Gasteiger partial charge < -0.3 is 0 Å². The highest BCUT2D eigenvalue weighted by Gasteiger charge is 2.04. The van der Waals surface area contributed by atoms with Crippen LogP contribution in [-0.2, 0) is 9.59 Å². The molecule has 10 heteroatoms. The van der Waals surface area contributed by atoms with Gasteiger partial charge in [0.2, 0.25) is 11.8 Å². The van der Waals surface area contributed by atoms with Crippen LogP contribution in [-0.4, -0.2) is 11.8 Å². The highest BCUT2D eigenvalue weighted by atomic mass is 33.9. The van der Waals surface area contributed by atoms with Crippen LogP contribution in [0, 0.1) is 0 Å². The van der Waals surface area contributed by atoms with Gasteiger partial charge in [0, 0.05) is 74.1 Å². The molecule has 0 rings (SSSR count). The van der Waals surface area contributed by atoms with Gasteiger partial charge in [-0.25, -0.2) is 0 Å². The first-order valence-corrected chi connectivity index (χ1v) is 25.8. The van der Waals surface area contributed by atoms with Gasteiger partial charge in [0.25, 0.3) is 0 Å². The van der Waals surface area contributed by atoms with Crippen molar-refractivity contribution >= 4 is 73.1 Å². The predicted molar refractivity (Wildman–Crippen MR) is 212 cm³/mol. The fourth-order valence-corrected chi connectivity index (χ4v) is 14.8. The lowest BCUT2D eigenvalue weighted by Crippen LogP contribution is -2.13. The third kappa shape index (κ3) is 39.2. The van der Waals surface area contributed by atoms with E-state index in [-0.39, 0.29) is 11.8 Å². The van der Waals surface area contributed by atoms with Gasteiger partial charge in [-0.05, 0) is 12.8 Å². The summed E-state index contributed by atoms with van der Waals surface area (Å²) in [5.41, 5.74) is 0. The van der Waals surface area contributed by atoms with Crippen molar-refractivity contribution in [2.75, 3.05) is 0 Å². The summed E-state index contributed by atoms with van der Waals surface area (Å²) in [6, 6.07) is 0. The van der Waals surface area contributed by atoms with Crippen molar-refractivity contribution in [3.63, 3.8) is 0 Å². The van der Waals surface area contributed by atoms with Crippen molar-refractivity contribution in [2.45, 2.75) is 206 Å². The van der Waals surface area contributed by atoms with Crippen molar-refractivity contribution < 1.29 is 9.59 Å². The predicted octanol–water partition coefficient (Wildman–Crippen LogP) is 14.8. The minimum Gasteiger partial charge on any atom is -0.290 e. The summed E-state index contributed by atoms with van der Waals surface area (Å²) in [6.45, 7) is 4.56. The van der Waals surface area contributed by atoms with Crippen LogP contribution in [0.25, 0.3) is 0 Å². The molecule has 0 aliphatic heterocycles. The van der Waals surface area contributed by atoms with Crippen LogP contribution in [0.4, 0.5) is 0 Å². The van der Waals surface area contributed by atoms with E-state index in [1.54, 1.807) is 39.3 Å². The average Bonchev–Trinajstić information content (AvgIpc) is 3.02. The second-order valence-corrected chi connectivity index (χ2v) is 21.0. The van der Waals surface area contributed by atoms with Crippen LogP contribution >= 0.6 is 61.3 Å². The van der Waals surface area contributed by atoms with Gasteiger partial charge in [-0.3, -0.25) is 19.0 Å². The van der Waals surface area contributed by atoms with E-state index in [9.17, 15) is 9.59 Å². The van der Waals surface area contributed by atoms with E-state index in [0.717, 1.165) is 25.7 Å². The van der Waals surface area contributed by atoms with E-state index in [2.05, 4.69) is 23.3 Å². The second-order valence-electron chi connectivity index (χ2n) is 12.2. The Bertz CT molecular complexity index is 554. The topological polar surface area (TPSA) is 58.2 Å². The molecule has 2 amide bonds. The number of carbonyl (C=O) groups is 2. The molecule has 0 saturated carbocycles. The highest BCUT2D eigenvalue weighted by molar-refractivity contribution is 9.41. The van der Waals surface area contributed by atoms with Gasteiger partial charge in [0.1, 0.15) is 0 Å². The molecule has 0 spiro atoms. The summed E-state index contributed by atoms with van der Waals surface area (Å²) in [5.74, 6) is 0.259. The van der Waals surface area contributed by atoms with Gasteiger partial charge >= 0.3 is 0 Å². The Morgan fingerprint density at radius 1 is 0.341 bits per heavy atom. The fourth-order valence-electron chi connectivity index (χ4n) is 5.24. The zero-order valence-corrected chi connectivity index (χ0v) is 33.4. The Morgan fingerprint density at radius 3 is 0.818 bits per heavy atom. The molecule has 0 bridgehead atoms. The fraction of sp³-hybridized carbons (Fsp3) is 0.941. The van der Waals surface area contributed by atoms with Crippen LogP contribution in [0.15, 0.2) is 0 Å². The molecule has 0 saturated heterocycles. The highest BCUT2D eigenvalue weighted by Crippen LogP contribution is 2.50. The molecule has 262 valence electrons. The number of hydrogen-bond acceptors (Lipinski definition) is 8. The molecule has 0 heterocycles. The zero-order chi connectivity index (χ0) is 32.0. The molecule has 0 aromatic heterocycles. The van der Waals surface area contributed by atoms with Crippen LogP contribution in [0.3, 0.4) is 0 Å². The lowest BCUT2D eigenvalue weighted by molar-refractivity contribution is -0.120. The maximum absolute atomic E-state index is 12.0. The Labute approximate surface area is 296 Å². The maximum Gasteiger partial charge on any atom is 0.230 e. The normalized spacial score (nSPS) is 11.2. The number of rotatable bonds is 37. The monoisotopic (exact) mass is 728 g/mol. The summed E-state index contributed by atoms with van der Waals surface area (Å²) in [6.07, 6.45) is 38.6. The number of amides is 2. The summed E-state index contributed by atoms with van der Waals surface area (Å²) in [7, 11) is 9.09. The van der Waals surface area contributed by atoms with Crippen molar-refractivity contribution in [1.82, 2.24) is 9.44 Å². The summed E-state index contributed by atoms with van der Waals surface area (Å²) in [5, 5.41) is 0. The second kappa shape index (κ2) is 40.2. The molecular formula is C34H68N2O2S6. The Balaban J connectivity index is 3.24. The van der Waals surface area contributed by atoms with Crippen LogP contribution in [0.2, 0.25) is 0 Å². The molecule has 0 aromatic rings. The SMILES string of the molecule is CCCCCCCCCCCCCCCCC(=O)NSSSSSSNC(=O)CCCCCCCCCCCCCCCC. The number of carbonyl (C=O) groups excluding carboxylic acids is 2. The molecule has 0 aliphatic rings. The van der Waals surface area contributed by atoms with Crippen molar-refractivity contribution in [3.05, 3.63) is 0 Å². The van der Waals surface area contributed by atoms with Crippen molar-refractivity contribution in [3.8, 4) is 0 Å². The summed E-state index contributed by atoms with van der Waals surface area (Å²) >= 11 is 0. The standard InChI is InChI=1S/C34H68N2O2S6/c1-3-5-7-9-11-13-15-17-19-21-23-25-27-29-31-33(37)35-39-41-43-44-42-40-36-34(38)32-30-28-26-24-22-20-18-16-14-12-10-8-6-4-2/h3-32H2,1-2H3,(H,35,37)(H,36,38). The van der Waals surface area contributed by atoms with Gasteiger partial charge in [0.05, 0.1) is 0 Å². The molecule has 0 fully saturated rings. The summed E-state index contributed by atoms with van der Waals surface area (Å²) < 4.78 is 5.84. The molecule has 0 radical (unpaired) electrons. The molecule has 0 aliphatic carbocycles. The molecule has 4 nitrogen and oxygen atoms in total. The lowest BCUT2D eigenvalue weighted by atomic mass is 10.0. The largest absolute Gasteiger partial charge is 0.290 e. The quantitative estimate of drug-likeness (QED) is 0.0372. The first-order valence-electron chi connectivity index (χ1n) is 18.3. The average molecular weight is 729 g/mol. The van der Waals surface area contributed by atoms with Gasteiger partial charge in [-0.1, -0.05) is 181 Å². The molecular weight excluding hydrogens is 661 g/mol. The Morgan fingerprint density at radius 2 is 0.568 bits per heavy atom. The van der Waals surface area contributed by atoms with E-state index < -0.39 is 0 Å². The molecule has 44 heavy (non-hydrogen) atoms. The first-order chi connectivity index (χ1) is 21.7. The Kier molecular flexibility index (Phi) is 41.2. The minimum absolute atomic E-state index is 0.129. The van der Waals surface area contributed by atoms with Crippen molar-refractivity contribution in [2.24, 2.45) is 0 Å². The van der Waals surface area contributed by atoms with E-state index in [0.29, 0.717) is 12.8 Å². The first kappa shape index (κ1) is 45.0. The molecule has 2 N–H and O–H groups in total. The van der Waals surface area contributed by atoms with E-state index in [1.165, 1.54) is 176 Å². The third-order valence-corrected chi connectivity index (χ3v) is 17.5. The zero-order valence-electron chi connectivity index (χ0n) is 28.5. The molecule has 0 atom stereocenters. The van der Waals surface area contributed by atoms with Gasteiger partial charge in [-0.15, -0.1) is 0 Å². The lowest BCUT2D eigenvalue weighted by Gasteiger charge is -2.05. The van der Waals surface area contributed by atoms with Crippen molar-refractivity contribution in [1.29, 1.82) is 0 Å². The number of hydrogen-bond donors (Lipinski definition) is 2. The minimum atomic E-state index is 0.129. The van der Waals surface area contributed by atoms with Crippen LogP contribution < -0.4 is 9.44 Å². The number of unbranched alkanes of at least 4 members (excludes halogenated alkanes) is 26. The van der Waals surface area contributed by atoms with Crippen LogP contribution in [0.5, 0.6) is 0 Å². The van der Waals surface area contributed by atoms with Gasteiger partial charge in [-0.2, -0.15) is 0 Å². The maximum atomic E-state index is 12.0. The molecule has 0 aromatic carbocycles. The van der Waals surface area contributed by atoms with E-state index in [4.69, 9.17) is 0 Å². The number of nitrogens with one attached hydrogen (secondary N) is 2. The third-order valence-electron chi connectivity index (χ3n) is 7.98. The van der Waals surface area contributed by atoms with Crippen LogP contribution in [0.1, 0.15) is 206 Å². The van der Waals surface area contributed by atoms with Gasteiger partial charge in [0.15, 0.2) is 0 Å². The summed E-state index contributed by atoms with van der Waals surface area (Å²) in [4.78, 5) is 24.0. The Hall–Kier alpha value is 1.04. The molecule has 0 unspecified atom stereocenters. The van der Waals surface area contributed by atoms with E-state index in [1.807, 2.05) is 0 Å². The smallest absolute Gasteiger partial charge is 0.230 e.